The van der Waals surface area contributed by atoms with Crippen LogP contribution in [-0.4, -0.2) is 38.3 Å². The Morgan fingerprint density at radius 2 is 1.82 bits per heavy atom. The average molecular weight is 345 g/mol. The Morgan fingerprint density at radius 1 is 1.14 bits per heavy atom. The van der Waals surface area contributed by atoms with Gasteiger partial charge in [-0.2, -0.15) is 4.31 Å². The lowest BCUT2D eigenvalue weighted by Crippen LogP contribution is -2.32. The predicted octanol–water partition coefficient (Wildman–Crippen LogP) is 2.24. The monoisotopic (exact) mass is 344 g/mol. The number of nitrogens with one attached hydrogen (secondary N) is 1. The summed E-state index contributed by atoms with van der Waals surface area (Å²) in [7, 11) is -3.65. The zero-order valence-corrected chi connectivity index (χ0v) is 13.5. The number of sulfonamides is 1. The smallest absolute Gasteiger partial charge is 0.262 e. The minimum Gasteiger partial charge on any atom is -0.482 e. The maximum Gasteiger partial charge on any atom is 0.262 e. The third-order valence-electron chi connectivity index (χ3n) is 3.85. The van der Waals surface area contributed by atoms with Gasteiger partial charge in [-0.15, -0.1) is 0 Å². The number of nitrogens with zero attached hydrogens (tertiary/aromatic N) is 1. The van der Waals surface area contributed by atoms with Crippen LogP contribution in [0.3, 0.4) is 0 Å². The van der Waals surface area contributed by atoms with Crippen molar-refractivity contribution in [3.05, 3.63) is 17.2 Å². The lowest BCUT2D eigenvalue weighted by atomic mass is 10.2. The van der Waals surface area contributed by atoms with Gasteiger partial charge >= 0.3 is 0 Å². The molecule has 2 aliphatic rings. The maximum atomic E-state index is 12.8. The molecule has 0 saturated carbocycles. The van der Waals surface area contributed by atoms with Gasteiger partial charge in [0.05, 0.1) is 10.7 Å². The van der Waals surface area contributed by atoms with Crippen molar-refractivity contribution in [3.8, 4) is 5.75 Å². The summed E-state index contributed by atoms with van der Waals surface area (Å²) in [6.07, 6.45) is 3.79. The predicted molar refractivity (Wildman–Crippen MR) is 82.8 cm³/mol. The topological polar surface area (TPSA) is 75.7 Å². The van der Waals surface area contributed by atoms with Gasteiger partial charge in [-0.1, -0.05) is 24.4 Å². The number of ether oxygens (including phenoxy) is 1. The van der Waals surface area contributed by atoms with Crippen LogP contribution in [0.1, 0.15) is 25.7 Å². The molecule has 0 aliphatic carbocycles. The number of benzene rings is 1. The zero-order chi connectivity index (χ0) is 15.7. The van der Waals surface area contributed by atoms with Gasteiger partial charge in [-0.25, -0.2) is 8.42 Å². The van der Waals surface area contributed by atoms with Crippen molar-refractivity contribution in [1.29, 1.82) is 0 Å². The first-order valence-corrected chi connectivity index (χ1v) is 9.06. The van der Waals surface area contributed by atoms with Crippen LogP contribution >= 0.6 is 11.6 Å². The maximum absolute atomic E-state index is 12.8. The van der Waals surface area contributed by atoms with E-state index in [0.29, 0.717) is 24.5 Å². The van der Waals surface area contributed by atoms with E-state index in [0.717, 1.165) is 25.7 Å². The van der Waals surface area contributed by atoms with Crippen LogP contribution in [0.5, 0.6) is 5.75 Å². The molecule has 2 aliphatic heterocycles. The highest BCUT2D eigenvalue weighted by molar-refractivity contribution is 7.89. The highest BCUT2D eigenvalue weighted by Gasteiger charge is 2.29. The van der Waals surface area contributed by atoms with E-state index < -0.39 is 10.0 Å². The van der Waals surface area contributed by atoms with E-state index in [1.807, 2.05) is 0 Å². The minimum absolute atomic E-state index is 0.0333. The molecule has 1 amide bonds. The third kappa shape index (κ3) is 2.93. The van der Waals surface area contributed by atoms with Crippen molar-refractivity contribution in [3.63, 3.8) is 0 Å². The summed E-state index contributed by atoms with van der Waals surface area (Å²) in [5.74, 6) is 0.0455. The number of anilines is 1. The van der Waals surface area contributed by atoms with Crippen LogP contribution in [0, 0.1) is 0 Å². The fourth-order valence-electron chi connectivity index (χ4n) is 2.70. The molecule has 1 saturated heterocycles. The standard InChI is InChI=1S/C14H17ClN2O4S/c15-10-7-11-12(21-9-14(18)16-11)8-13(10)22(19,20)17-5-3-1-2-4-6-17/h7-8H,1-6,9H2,(H,16,18). The van der Waals surface area contributed by atoms with Crippen molar-refractivity contribution in [2.45, 2.75) is 30.6 Å². The molecular formula is C14H17ClN2O4S. The molecule has 0 atom stereocenters. The second-order valence-corrected chi connectivity index (χ2v) is 7.75. The van der Waals surface area contributed by atoms with Crippen molar-refractivity contribution in [2.24, 2.45) is 0 Å². The van der Waals surface area contributed by atoms with Crippen LogP contribution in [-0.2, 0) is 14.8 Å². The Morgan fingerprint density at radius 3 is 2.50 bits per heavy atom. The first-order valence-electron chi connectivity index (χ1n) is 7.25. The van der Waals surface area contributed by atoms with Crippen LogP contribution < -0.4 is 10.1 Å². The molecule has 3 rings (SSSR count). The van der Waals surface area contributed by atoms with Gasteiger partial charge in [-0.05, 0) is 18.9 Å². The van der Waals surface area contributed by atoms with Gasteiger partial charge in [0.2, 0.25) is 10.0 Å². The van der Waals surface area contributed by atoms with E-state index in [4.69, 9.17) is 16.3 Å². The molecular weight excluding hydrogens is 328 g/mol. The van der Waals surface area contributed by atoms with Crippen molar-refractivity contribution < 1.29 is 17.9 Å². The normalized spacial score (nSPS) is 19.8. The molecule has 1 fully saturated rings. The first-order chi connectivity index (χ1) is 10.5. The highest BCUT2D eigenvalue weighted by atomic mass is 35.5. The molecule has 0 aromatic heterocycles. The first kappa shape index (κ1) is 15.6. The molecule has 22 heavy (non-hydrogen) atoms. The second kappa shape index (κ2) is 6.06. The van der Waals surface area contributed by atoms with Crippen LogP contribution in [0.4, 0.5) is 5.69 Å². The molecule has 0 radical (unpaired) electrons. The number of fused-ring (bicyclic) bond motifs is 1. The molecule has 1 N–H and O–H groups in total. The summed E-state index contributed by atoms with van der Waals surface area (Å²) >= 11 is 6.14. The minimum atomic E-state index is -3.65. The number of hydrogen-bond donors (Lipinski definition) is 1. The summed E-state index contributed by atoms with van der Waals surface area (Å²) in [5, 5.41) is 2.70. The fourth-order valence-corrected chi connectivity index (χ4v) is 4.73. The van der Waals surface area contributed by atoms with Gasteiger partial charge in [-0.3, -0.25) is 4.79 Å². The van der Waals surface area contributed by atoms with Gasteiger partial charge in [0, 0.05) is 19.2 Å². The molecule has 0 bridgehead atoms. The molecule has 1 aromatic carbocycles. The quantitative estimate of drug-likeness (QED) is 0.892. The summed E-state index contributed by atoms with van der Waals surface area (Å²) in [4.78, 5) is 11.3. The molecule has 120 valence electrons. The van der Waals surface area contributed by atoms with E-state index >= 15 is 0 Å². The van der Waals surface area contributed by atoms with Gasteiger partial charge in [0.25, 0.3) is 5.91 Å². The van der Waals surface area contributed by atoms with E-state index in [9.17, 15) is 13.2 Å². The third-order valence-corrected chi connectivity index (χ3v) is 6.21. The summed E-state index contributed by atoms with van der Waals surface area (Å²) in [5.41, 5.74) is 0.399. The van der Waals surface area contributed by atoms with Crippen molar-refractivity contribution >= 4 is 33.2 Å². The van der Waals surface area contributed by atoms with Crippen LogP contribution in [0.15, 0.2) is 17.0 Å². The number of amides is 1. The molecule has 2 heterocycles. The lowest BCUT2D eigenvalue weighted by molar-refractivity contribution is -0.118. The Labute approximate surface area is 134 Å². The number of halogens is 1. The van der Waals surface area contributed by atoms with E-state index in [-0.39, 0.29) is 22.4 Å². The lowest BCUT2D eigenvalue weighted by Gasteiger charge is -2.23. The molecule has 8 heteroatoms. The summed E-state index contributed by atoms with van der Waals surface area (Å²) < 4.78 is 32.4. The number of hydrogen-bond acceptors (Lipinski definition) is 4. The average Bonchev–Trinajstić information content (AvgIpc) is 2.75. The SMILES string of the molecule is O=C1COc2cc(S(=O)(=O)N3CCCCCC3)c(Cl)cc2N1. The second-order valence-electron chi connectivity index (χ2n) is 5.43. The number of carbonyl (C=O) groups is 1. The Kier molecular flexibility index (Phi) is 4.29. The van der Waals surface area contributed by atoms with Crippen LogP contribution in [0.25, 0.3) is 0 Å². The summed E-state index contributed by atoms with van der Waals surface area (Å²) in [6.45, 7) is 0.887. The molecule has 6 nitrogen and oxygen atoms in total. The van der Waals surface area contributed by atoms with Crippen molar-refractivity contribution in [1.82, 2.24) is 4.31 Å². The molecule has 1 aromatic rings. The van der Waals surface area contributed by atoms with Gasteiger partial charge < -0.3 is 10.1 Å². The largest absolute Gasteiger partial charge is 0.482 e. The summed E-state index contributed by atoms with van der Waals surface area (Å²) in [6, 6.07) is 2.83. The van der Waals surface area contributed by atoms with E-state index in [2.05, 4.69) is 5.32 Å². The zero-order valence-electron chi connectivity index (χ0n) is 12.0. The van der Waals surface area contributed by atoms with E-state index in [1.165, 1.54) is 16.4 Å². The molecule has 0 unspecified atom stereocenters. The highest BCUT2D eigenvalue weighted by Crippen LogP contribution is 2.37. The fraction of sp³-hybridized carbons (Fsp3) is 0.500. The van der Waals surface area contributed by atoms with E-state index in [1.54, 1.807) is 0 Å². The van der Waals surface area contributed by atoms with Gasteiger partial charge in [0.1, 0.15) is 10.6 Å². The van der Waals surface area contributed by atoms with Crippen molar-refractivity contribution in [2.75, 3.05) is 25.0 Å². The van der Waals surface area contributed by atoms with Gasteiger partial charge in [0.15, 0.2) is 6.61 Å². The number of carbonyl (C=O) groups excluding carboxylic acids is 1. The van der Waals surface area contributed by atoms with Crippen LogP contribution in [0.2, 0.25) is 5.02 Å². The Hall–Kier alpha value is -1.31. The Bertz CT molecular complexity index is 697. The molecule has 0 spiro atoms. The Balaban J connectivity index is 1.98. The number of rotatable bonds is 2.